The van der Waals surface area contributed by atoms with E-state index in [1.807, 2.05) is 91.0 Å². The first kappa shape index (κ1) is 34.1. The van der Waals surface area contributed by atoms with E-state index >= 15 is 0 Å². The number of rotatable bonds is 17. The Hall–Kier alpha value is -4.25. The summed E-state index contributed by atoms with van der Waals surface area (Å²) in [5.74, 6) is 1.95. The average molecular weight is 687 g/mol. The van der Waals surface area contributed by atoms with Crippen molar-refractivity contribution < 1.29 is 27.2 Å². The van der Waals surface area contributed by atoms with E-state index in [-0.39, 0.29) is 10.6 Å². The van der Waals surface area contributed by atoms with Gasteiger partial charge >= 0.3 is 0 Å². The summed E-state index contributed by atoms with van der Waals surface area (Å²) in [4.78, 5) is 0. The third-order valence-corrected chi connectivity index (χ3v) is 11.3. The molecule has 0 spiro atoms. The molecule has 0 saturated carbocycles. The number of sulfonamides is 1. The normalized spacial score (nSPS) is 12.5. The van der Waals surface area contributed by atoms with Gasteiger partial charge in [0.1, 0.15) is 15.7 Å². The van der Waals surface area contributed by atoms with Gasteiger partial charge in [0.05, 0.1) is 13.2 Å². The number of hydrogen-bond donors (Lipinski definition) is 0. The maximum atomic E-state index is 12.6. The zero-order valence-electron chi connectivity index (χ0n) is 25.8. The van der Waals surface area contributed by atoms with Crippen molar-refractivity contribution in [1.29, 1.82) is 0 Å². The van der Waals surface area contributed by atoms with Gasteiger partial charge in [-0.25, -0.2) is 0 Å². The molecular formula is C37H36NO6S3-. The number of thiophene rings is 1. The Labute approximate surface area is 283 Å². The lowest BCUT2D eigenvalue weighted by atomic mass is 9.96. The van der Waals surface area contributed by atoms with Crippen LogP contribution in [-0.2, 0) is 39.4 Å². The molecular weight excluding hydrogens is 651 g/mol. The third kappa shape index (κ3) is 10.6. The summed E-state index contributed by atoms with van der Waals surface area (Å²) < 4.78 is 52.6. The minimum atomic E-state index is -3.97. The van der Waals surface area contributed by atoms with E-state index in [0.717, 1.165) is 51.5 Å². The minimum absolute atomic E-state index is 0.0105. The quantitative estimate of drug-likeness (QED) is 0.0603. The molecule has 0 aliphatic heterocycles. The number of aryl methyl sites for hydroxylation is 2. The second kappa shape index (κ2) is 17.1. The number of hydrogen-bond acceptors (Lipinski definition) is 7. The first-order valence-corrected chi connectivity index (χ1v) is 19.1. The molecule has 0 radical (unpaired) electrons. The van der Waals surface area contributed by atoms with E-state index in [9.17, 15) is 17.7 Å². The van der Waals surface area contributed by atoms with Gasteiger partial charge in [0.15, 0.2) is 0 Å². The first-order valence-electron chi connectivity index (χ1n) is 15.3. The second-order valence-electron chi connectivity index (χ2n) is 10.8. The van der Waals surface area contributed by atoms with Crippen LogP contribution in [0, 0.1) is 0 Å². The molecule has 0 aliphatic carbocycles. The zero-order valence-corrected chi connectivity index (χ0v) is 28.3. The van der Waals surface area contributed by atoms with E-state index in [1.54, 1.807) is 11.4 Å². The number of benzene rings is 4. The van der Waals surface area contributed by atoms with Gasteiger partial charge in [-0.3, -0.25) is 4.21 Å². The van der Waals surface area contributed by atoms with Crippen molar-refractivity contribution >= 4 is 38.1 Å². The largest absolute Gasteiger partial charge is 0.861 e. The van der Waals surface area contributed by atoms with Crippen LogP contribution in [0.4, 0.5) is 0 Å². The molecule has 1 atom stereocenters. The van der Waals surface area contributed by atoms with Crippen LogP contribution < -0.4 is 14.6 Å². The van der Waals surface area contributed by atoms with Gasteiger partial charge in [-0.15, -0.1) is 11.3 Å². The monoisotopic (exact) mass is 686 g/mol. The fourth-order valence-corrected chi connectivity index (χ4v) is 8.00. The molecule has 1 heterocycles. The SMILES string of the molecule is O=S(CCc1ccccc1)Cc1cccc(OCCCOc2ccc(-c3ccccc3CC/C([O-])=N\S(=O)(=O)c3cccs3)cc2)c1. The van der Waals surface area contributed by atoms with Crippen LogP contribution in [0.1, 0.15) is 29.5 Å². The molecule has 4 aromatic carbocycles. The van der Waals surface area contributed by atoms with Gasteiger partial charge < -0.3 is 14.6 Å². The summed E-state index contributed by atoms with van der Waals surface area (Å²) in [6.07, 6.45) is 1.85. The zero-order chi connectivity index (χ0) is 32.9. The summed E-state index contributed by atoms with van der Waals surface area (Å²) in [7, 11) is -4.92. The van der Waals surface area contributed by atoms with Gasteiger partial charge in [0.25, 0.3) is 10.0 Å². The van der Waals surface area contributed by atoms with Crippen LogP contribution >= 0.6 is 11.3 Å². The summed E-state index contributed by atoms with van der Waals surface area (Å²) in [6.45, 7) is 0.977. The van der Waals surface area contributed by atoms with Crippen LogP contribution in [0.3, 0.4) is 0 Å². The summed E-state index contributed by atoms with van der Waals surface area (Å²) >= 11 is 1.04. The molecule has 0 saturated heterocycles. The lowest BCUT2D eigenvalue weighted by molar-refractivity contribution is -0.218. The fraction of sp³-hybridized carbons (Fsp3) is 0.216. The Balaban J connectivity index is 1.05. The van der Waals surface area contributed by atoms with E-state index in [2.05, 4.69) is 16.5 Å². The molecule has 0 N–H and O–H groups in total. The number of ether oxygens (including phenoxy) is 2. The highest BCUT2D eigenvalue weighted by atomic mass is 32.2. The molecule has 0 amide bonds. The molecule has 244 valence electrons. The molecule has 47 heavy (non-hydrogen) atoms. The predicted molar refractivity (Wildman–Crippen MR) is 188 cm³/mol. The minimum Gasteiger partial charge on any atom is -0.861 e. The van der Waals surface area contributed by atoms with Gasteiger partial charge in [0.2, 0.25) is 0 Å². The highest BCUT2D eigenvalue weighted by molar-refractivity contribution is 7.92. The Morgan fingerprint density at radius 2 is 1.49 bits per heavy atom. The Morgan fingerprint density at radius 1 is 0.766 bits per heavy atom. The van der Waals surface area contributed by atoms with Gasteiger partial charge in [-0.1, -0.05) is 84.9 Å². The maximum absolute atomic E-state index is 12.6. The van der Waals surface area contributed by atoms with Crippen molar-refractivity contribution in [3.05, 3.63) is 137 Å². The highest BCUT2D eigenvalue weighted by Crippen LogP contribution is 2.27. The fourth-order valence-electron chi connectivity index (χ4n) is 4.93. The van der Waals surface area contributed by atoms with Gasteiger partial charge in [0, 0.05) is 28.7 Å². The van der Waals surface area contributed by atoms with E-state index < -0.39 is 26.7 Å². The van der Waals surface area contributed by atoms with Crippen molar-refractivity contribution in [3.8, 4) is 22.6 Å². The van der Waals surface area contributed by atoms with Crippen LogP contribution in [0.5, 0.6) is 11.5 Å². The molecule has 0 bridgehead atoms. The topological polar surface area (TPSA) is 105 Å². The average Bonchev–Trinajstić information content (AvgIpc) is 3.64. The Bertz CT molecular complexity index is 1870. The van der Waals surface area contributed by atoms with Gasteiger partial charge in [-0.2, -0.15) is 12.8 Å². The van der Waals surface area contributed by atoms with Crippen molar-refractivity contribution in [2.75, 3.05) is 19.0 Å². The molecule has 7 nitrogen and oxygen atoms in total. The standard InChI is InChI=1S/C37H37NO6S3/c39-36(38-47(41,42)37-15-7-25-45-37)21-18-31-12-4-5-14-35(31)32-16-19-33(20-17-32)43-23-8-24-44-34-13-6-11-30(27-34)28-46(40)26-22-29-9-2-1-3-10-29/h1-7,9-17,19-20,25,27H,8,18,21-24,26,28H2,(H,38,39)/p-1. The smallest absolute Gasteiger partial charge is 0.290 e. The van der Waals surface area contributed by atoms with Crippen LogP contribution in [0.2, 0.25) is 0 Å². The highest BCUT2D eigenvalue weighted by Gasteiger charge is 2.13. The van der Waals surface area contributed by atoms with Crippen molar-refractivity contribution in [3.63, 3.8) is 0 Å². The lowest BCUT2D eigenvalue weighted by Gasteiger charge is -2.14. The van der Waals surface area contributed by atoms with Crippen molar-refractivity contribution in [2.45, 2.75) is 35.6 Å². The third-order valence-electron chi connectivity index (χ3n) is 7.28. The molecule has 10 heteroatoms. The molecule has 5 aromatic rings. The summed E-state index contributed by atoms with van der Waals surface area (Å²) in [6, 6.07) is 36.4. The van der Waals surface area contributed by atoms with Crippen LogP contribution in [0.15, 0.2) is 129 Å². The Kier molecular flexibility index (Phi) is 12.4. The van der Waals surface area contributed by atoms with Crippen LogP contribution in [-0.4, -0.2) is 37.5 Å². The van der Waals surface area contributed by atoms with Crippen molar-refractivity contribution in [2.24, 2.45) is 4.40 Å². The van der Waals surface area contributed by atoms with Gasteiger partial charge in [-0.05, 0) is 88.7 Å². The van der Waals surface area contributed by atoms with Crippen LogP contribution in [0.25, 0.3) is 11.1 Å². The van der Waals surface area contributed by atoms with E-state index in [1.165, 1.54) is 11.6 Å². The summed E-state index contributed by atoms with van der Waals surface area (Å²) in [5.41, 5.74) is 5.05. The molecule has 1 unspecified atom stereocenters. The second-order valence-corrected chi connectivity index (χ2v) is 15.2. The lowest BCUT2D eigenvalue weighted by Crippen LogP contribution is -2.20. The summed E-state index contributed by atoms with van der Waals surface area (Å²) in [5, 5.41) is 14.0. The maximum Gasteiger partial charge on any atom is 0.290 e. The number of nitrogens with zero attached hydrogens (tertiary/aromatic N) is 1. The molecule has 0 fully saturated rings. The molecule has 5 rings (SSSR count). The first-order chi connectivity index (χ1) is 22.9. The molecule has 0 aliphatic rings. The van der Waals surface area contributed by atoms with Crippen molar-refractivity contribution in [1.82, 2.24) is 0 Å². The van der Waals surface area contributed by atoms with E-state index in [0.29, 0.717) is 37.6 Å². The van der Waals surface area contributed by atoms with E-state index in [4.69, 9.17) is 9.47 Å². The Morgan fingerprint density at radius 3 is 2.26 bits per heavy atom. The molecule has 1 aromatic heterocycles. The predicted octanol–water partition coefficient (Wildman–Crippen LogP) is 6.83.